The predicted molar refractivity (Wildman–Crippen MR) is 99.0 cm³/mol. The van der Waals surface area contributed by atoms with Gasteiger partial charge in [0.2, 0.25) is 0 Å². The first-order valence-corrected chi connectivity index (χ1v) is 8.93. The SMILES string of the molecule is Cc1sc2cc(-c3ccccc3)oc2c1C(=O)NCCc1ccco1. The van der Waals surface area contributed by atoms with Gasteiger partial charge >= 0.3 is 0 Å². The van der Waals surface area contributed by atoms with Crippen molar-refractivity contribution in [3.63, 3.8) is 0 Å². The number of hydrogen-bond donors (Lipinski definition) is 1. The van der Waals surface area contributed by atoms with Gasteiger partial charge in [0.25, 0.3) is 5.91 Å². The number of hydrogen-bond acceptors (Lipinski definition) is 4. The van der Waals surface area contributed by atoms with Crippen molar-refractivity contribution in [2.45, 2.75) is 13.3 Å². The Morgan fingerprint density at radius 2 is 2.00 bits per heavy atom. The summed E-state index contributed by atoms with van der Waals surface area (Å²) in [6.45, 7) is 2.47. The van der Waals surface area contributed by atoms with Crippen molar-refractivity contribution in [3.8, 4) is 11.3 Å². The number of carbonyl (C=O) groups is 1. The lowest BCUT2D eigenvalue weighted by Crippen LogP contribution is -2.25. The third-order valence-electron chi connectivity index (χ3n) is 4.06. The Morgan fingerprint density at radius 1 is 1.16 bits per heavy atom. The second-order valence-electron chi connectivity index (χ2n) is 5.79. The zero-order valence-electron chi connectivity index (χ0n) is 13.7. The second-order valence-corrected chi connectivity index (χ2v) is 7.04. The molecule has 1 amide bonds. The molecule has 25 heavy (non-hydrogen) atoms. The van der Waals surface area contributed by atoms with Gasteiger partial charge < -0.3 is 14.2 Å². The molecule has 0 atom stereocenters. The van der Waals surface area contributed by atoms with E-state index in [9.17, 15) is 4.79 Å². The molecular formula is C20H17NO3S. The molecule has 0 aliphatic carbocycles. The fourth-order valence-electron chi connectivity index (χ4n) is 2.85. The first-order valence-electron chi connectivity index (χ1n) is 8.11. The van der Waals surface area contributed by atoms with Crippen LogP contribution in [0.15, 0.2) is 63.6 Å². The molecule has 0 fully saturated rings. The fourth-order valence-corrected chi connectivity index (χ4v) is 3.87. The Morgan fingerprint density at radius 3 is 2.76 bits per heavy atom. The summed E-state index contributed by atoms with van der Waals surface area (Å²) < 4.78 is 12.3. The van der Waals surface area contributed by atoms with Crippen LogP contribution in [0.5, 0.6) is 0 Å². The molecule has 1 N–H and O–H groups in total. The highest BCUT2D eigenvalue weighted by atomic mass is 32.1. The van der Waals surface area contributed by atoms with Crippen LogP contribution < -0.4 is 5.32 Å². The van der Waals surface area contributed by atoms with Crippen LogP contribution in [-0.2, 0) is 6.42 Å². The van der Waals surface area contributed by atoms with Gasteiger partial charge in [0.15, 0.2) is 5.58 Å². The summed E-state index contributed by atoms with van der Waals surface area (Å²) in [5.41, 5.74) is 2.30. The van der Waals surface area contributed by atoms with E-state index in [2.05, 4.69) is 5.32 Å². The predicted octanol–water partition coefficient (Wildman–Crippen LogP) is 5.04. The lowest BCUT2D eigenvalue weighted by Gasteiger charge is -2.04. The molecule has 4 nitrogen and oxygen atoms in total. The summed E-state index contributed by atoms with van der Waals surface area (Å²) >= 11 is 1.58. The van der Waals surface area contributed by atoms with E-state index in [1.807, 2.05) is 55.5 Å². The molecule has 0 radical (unpaired) electrons. The summed E-state index contributed by atoms with van der Waals surface area (Å²) in [5, 5.41) is 2.95. The van der Waals surface area contributed by atoms with Crippen molar-refractivity contribution >= 4 is 27.5 Å². The zero-order valence-corrected chi connectivity index (χ0v) is 14.6. The maximum Gasteiger partial charge on any atom is 0.256 e. The summed E-state index contributed by atoms with van der Waals surface area (Å²) in [6, 6.07) is 15.7. The molecule has 4 rings (SSSR count). The van der Waals surface area contributed by atoms with Crippen molar-refractivity contribution in [1.29, 1.82) is 0 Å². The monoisotopic (exact) mass is 351 g/mol. The van der Waals surface area contributed by atoms with Crippen LogP contribution in [0.3, 0.4) is 0 Å². The molecule has 0 bridgehead atoms. The Bertz CT molecular complexity index is 997. The highest BCUT2D eigenvalue weighted by molar-refractivity contribution is 7.19. The van der Waals surface area contributed by atoms with Crippen molar-refractivity contribution in [3.05, 3.63) is 71.0 Å². The van der Waals surface area contributed by atoms with Gasteiger partial charge in [-0.1, -0.05) is 30.3 Å². The van der Waals surface area contributed by atoms with E-state index in [0.29, 0.717) is 24.1 Å². The second kappa shape index (κ2) is 6.61. The van der Waals surface area contributed by atoms with Crippen molar-refractivity contribution in [2.24, 2.45) is 0 Å². The van der Waals surface area contributed by atoms with Gasteiger partial charge in [-0.25, -0.2) is 0 Å². The summed E-state index contributed by atoms with van der Waals surface area (Å²) in [6.07, 6.45) is 2.30. The largest absolute Gasteiger partial charge is 0.469 e. The van der Waals surface area contributed by atoms with E-state index in [0.717, 1.165) is 26.7 Å². The average molecular weight is 351 g/mol. The van der Waals surface area contributed by atoms with Gasteiger partial charge in [-0.3, -0.25) is 4.79 Å². The van der Waals surface area contributed by atoms with Crippen LogP contribution in [0.25, 0.3) is 21.6 Å². The third-order valence-corrected chi connectivity index (χ3v) is 5.10. The Hall–Kier alpha value is -2.79. The molecule has 3 aromatic heterocycles. The molecule has 0 aliphatic heterocycles. The number of aryl methyl sites for hydroxylation is 1. The van der Waals surface area contributed by atoms with Gasteiger partial charge in [-0.15, -0.1) is 11.3 Å². The molecule has 4 aromatic rings. The lowest BCUT2D eigenvalue weighted by atomic mass is 10.2. The van der Waals surface area contributed by atoms with Crippen LogP contribution in [0.4, 0.5) is 0 Å². The van der Waals surface area contributed by atoms with E-state index >= 15 is 0 Å². The molecule has 0 unspecified atom stereocenters. The summed E-state index contributed by atoms with van der Waals surface area (Å²) in [4.78, 5) is 13.6. The lowest BCUT2D eigenvalue weighted by molar-refractivity contribution is 0.0954. The molecule has 0 saturated heterocycles. The molecular weight excluding hydrogens is 334 g/mol. The van der Waals surface area contributed by atoms with Crippen LogP contribution in [-0.4, -0.2) is 12.5 Å². The smallest absolute Gasteiger partial charge is 0.256 e. The number of fused-ring (bicyclic) bond motifs is 1. The van der Waals surface area contributed by atoms with Gasteiger partial charge in [0, 0.05) is 29.5 Å². The first-order chi connectivity index (χ1) is 12.2. The minimum Gasteiger partial charge on any atom is -0.469 e. The summed E-state index contributed by atoms with van der Waals surface area (Å²) in [5.74, 6) is 1.53. The Balaban J connectivity index is 1.57. The minimum atomic E-state index is -0.107. The number of thiophene rings is 1. The molecule has 5 heteroatoms. The number of benzene rings is 1. The van der Waals surface area contributed by atoms with Crippen molar-refractivity contribution in [2.75, 3.05) is 6.54 Å². The van der Waals surface area contributed by atoms with Crippen LogP contribution in [0.1, 0.15) is 21.0 Å². The number of amides is 1. The van der Waals surface area contributed by atoms with E-state index in [4.69, 9.17) is 8.83 Å². The fraction of sp³-hybridized carbons (Fsp3) is 0.150. The number of furan rings is 2. The zero-order chi connectivity index (χ0) is 17.2. The normalized spacial score (nSPS) is 11.1. The van der Waals surface area contributed by atoms with Crippen molar-refractivity contribution in [1.82, 2.24) is 5.32 Å². The van der Waals surface area contributed by atoms with Gasteiger partial charge in [-0.2, -0.15) is 0 Å². The Labute approximate surface area is 149 Å². The number of nitrogens with one attached hydrogen (secondary N) is 1. The molecule has 0 spiro atoms. The number of carbonyl (C=O) groups excluding carboxylic acids is 1. The first kappa shape index (κ1) is 15.7. The molecule has 1 aromatic carbocycles. The molecule has 126 valence electrons. The average Bonchev–Trinajstić information content (AvgIpc) is 3.31. The van der Waals surface area contributed by atoms with E-state index < -0.39 is 0 Å². The third kappa shape index (κ3) is 3.10. The maximum absolute atomic E-state index is 12.6. The quantitative estimate of drug-likeness (QED) is 0.548. The van der Waals surface area contributed by atoms with Crippen LogP contribution in [0.2, 0.25) is 0 Å². The maximum atomic E-state index is 12.6. The van der Waals surface area contributed by atoms with E-state index in [-0.39, 0.29) is 5.91 Å². The Kier molecular flexibility index (Phi) is 4.15. The van der Waals surface area contributed by atoms with Crippen molar-refractivity contribution < 1.29 is 13.6 Å². The molecule has 0 saturated carbocycles. The highest BCUT2D eigenvalue weighted by Gasteiger charge is 2.21. The van der Waals surface area contributed by atoms with E-state index in [1.165, 1.54) is 0 Å². The standard InChI is InChI=1S/C20H17NO3S/c1-13-18(20(22)21-10-9-15-8-5-11-23-15)19-17(25-13)12-16(24-19)14-6-3-2-4-7-14/h2-8,11-12H,9-10H2,1H3,(H,21,22). The minimum absolute atomic E-state index is 0.107. The van der Waals surface area contributed by atoms with Gasteiger partial charge in [0.1, 0.15) is 11.5 Å². The highest BCUT2D eigenvalue weighted by Crippen LogP contribution is 2.36. The topological polar surface area (TPSA) is 55.4 Å². The number of rotatable bonds is 5. The van der Waals surface area contributed by atoms with Crippen LogP contribution >= 0.6 is 11.3 Å². The van der Waals surface area contributed by atoms with Gasteiger partial charge in [-0.05, 0) is 19.1 Å². The van der Waals surface area contributed by atoms with E-state index in [1.54, 1.807) is 17.6 Å². The van der Waals surface area contributed by atoms with Gasteiger partial charge in [0.05, 0.1) is 16.5 Å². The van der Waals surface area contributed by atoms with Crippen LogP contribution in [0, 0.1) is 6.92 Å². The molecule has 3 heterocycles. The molecule has 0 aliphatic rings. The summed E-state index contributed by atoms with van der Waals surface area (Å²) in [7, 11) is 0.